The zero-order valence-electron chi connectivity index (χ0n) is 21.8. The average molecular weight is 580 g/mol. The first-order chi connectivity index (χ1) is 19.3. The highest BCUT2D eigenvalue weighted by Crippen LogP contribution is 2.42. The van der Waals surface area contributed by atoms with Crippen molar-refractivity contribution in [1.82, 2.24) is 9.78 Å². The van der Waals surface area contributed by atoms with Gasteiger partial charge < -0.3 is 14.7 Å². The van der Waals surface area contributed by atoms with Crippen LogP contribution in [0.25, 0.3) is 11.1 Å². The second-order valence-electron chi connectivity index (χ2n) is 9.42. The number of anilines is 1. The van der Waals surface area contributed by atoms with Crippen molar-refractivity contribution in [3.63, 3.8) is 0 Å². The van der Waals surface area contributed by atoms with Gasteiger partial charge in [0.1, 0.15) is 11.6 Å². The number of hydrogen-bond donors (Lipinski definition) is 1. The fourth-order valence-corrected chi connectivity index (χ4v) is 5.95. The van der Waals surface area contributed by atoms with E-state index in [9.17, 15) is 19.1 Å². The first kappa shape index (κ1) is 27.7. The van der Waals surface area contributed by atoms with Gasteiger partial charge in [0.2, 0.25) is 5.91 Å². The van der Waals surface area contributed by atoms with Crippen molar-refractivity contribution < 1.29 is 23.8 Å². The molecule has 1 N–H and O–H groups in total. The van der Waals surface area contributed by atoms with Crippen molar-refractivity contribution in [2.24, 2.45) is 0 Å². The van der Waals surface area contributed by atoms with Crippen LogP contribution >= 0.6 is 23.4 Å². The second-order valence-corrected chi connectivity index (χ2v) is 10.9. The van der Waals surface area contributed by atoms with Crippen LogP contribution in [0.15, 0.2) is 71.9 Å². The fourth-order valence-electron chi connectivity index (χ4n) is 4.64. The Kier molecular flexibility index (Phi) is 8.42. The number of rotatable bonds is 9. The summed E-state index contributed by atoms with van der Waals surface area (Å²) >= 11 is 7.68. The molecule has 0 saturated heterocycles. The maximum Gasteiger partial charge on any atom is 0.335 e. The molecule has 0 spiro atoms. The van der Waals surface area contributed by atoms with Crippen molar-refractivity contribution in [3.8, 4) is 16.9 Å². The topological polar surface area (TPSA) is 84.7 Å². The minimum absolute atomic E-state index is 0.0187. The number of carboxylic acids is 1. The van der Waals surface area contributed by atoms with Crippen LogP contribution in [0.3, 0.4) is 0 Å². The van der Waals surface area contributed by atoms with Crippen LogP contribution in [-0.2, 0) is 11.3 Å². The lowest BCUT2D eigenvalue weighted by molar-refractivity contribution is -0.118. The minimum Gasteiger partial charge on any atom is -0.493 e. The Labute approximate surface area is 240 Å². The summed E-state index contributed by atoms with van der Waals surface area (Å²) in [6, 6.07) is 15.6. The van der Waals surface area contributed by atoms with Crippen LogP contribution < -0.4 is 9.64 Å². The van der Waals surface area contributed by atoms with Gasteiger partial charge in [-0.15, -0.1) is 11.8 Å². The van der Waals surface area contributed by atoms with Crippen molar-refractivity contribution in [2.75, 3.05) is 23.8 Å². The van der Waals surface area contributed by atoms with E-state index >= 15 is 0 Å². The number of hydrogen-bond acceptors (Lipinski definition) is 5. The first-order valence-corrected chi connectivity index (χ1v) is 14.2. The predicted molar refractivity (Wildman–Crippen MR) is 154 cm³/mol. The van der Waals surface area contributed by atoms with Crippen molar-refractivity contribution in [1.29, 1.82) is 0 Å². The van der Waals surface area contributed by atoms with Crippen LogP contribution in [0.4, 0.5) is 10.1 Å². The zero-order valence-corrected chi connectivity index (χ0v) is 23.3. The van der Waals surface area contributed by atoms with E-state index in [2.05, 4.69) is 5.10 Å². The normalized spacial score (nSPS) is 12.7. The Morgan fingerprint density at radius 3 is 2.83 bits per heavy atom. The predicted octanol–water partition coefficient (Wildman–Crippen LogP) is 6.70. The van der Waals surface area contributed by atoms with E-state index in [0.717, 1.165) is 33.0 Å². The molecule has 40 heavy (non-hydrogen) atoms. The number of aromatic nitrogens is 2. The molecule has 0 aliphatic carbocycles. The number of carbonyl (C=O) groups excluding carboxylic acids is 1. The molecule has 0 saturated carbocycles. The van der Waals surface area contributed by atoms with Gasteiger partial charge in [0.05, 0.1) is 35.6 Å². The molecule has 2 heterocycles. The monoisotopic (exact) mass is 579 g/mol. The Balaban J connectivity index is 1.25. The number of thioether (sulfide) groups is 1. The van der Waals surface area contributed by atoms with Gasteiger partial charge in [-0.3, -0.25) is 9.48 Å². The number of benzene rings is 3. The lowest BCUT2D eigenvalue weighted by Crippen LogP contribution is -2.35. The number of halogens is 2. The van der Waals surface area contributed by atoms with Crippen LogP contribution in [0.5, 0.6) is 5.75 Å². The molecule has 10 heteroatoms. The van der Waals surface area contributed by atoms with Crippen molar-refractivity contribution in [2.45, 2.75) is 31.2 Å². The number of carboxylic acid groups (broad SMARTS) is 1. The SMILES string of the molecule is Cc1c(OCCCC(=O)N2CCSc3c(-c4cnn(Cc5cccc(C(=O)O)c5)c4)cccc32)ccc(F)c1Cl. The molecule has 3 aromatic carbocycles. The average Bonchev–Trinajstić information content (AvgIpc) is 3.42. The molecule has 1 amide bonds. The third kappa shape index (κ3) is 6.00. The summed E-state index contributed by atoms with van der Waals surface area (Å²) in [6.07, 6.45) is 4.56. The molecule has 0 unspecified atom stereocenters. The van der Waals surface area contributed by atoms with Crippen LogP contribution in [-0.4, -0.2) is 45.7 Å². The lowest BCUT2D eigenvalue weighted by Gasteiger charge is -2.30. The highest BCUT2D eigenvalue weighted by Gasteiger charge is 2.25. The molecule has 0 radical (unpaired) electrons. The van der Waals surface area contributed by atoms with Crippen LogP contribution in [0.2, 0.25) is 5.02 Å². The highest BCUT2D eigenvalue weighted by atomic mass is 35.5. The Morgan fingerprint density at radius 1 is 1.18 bits per heavy atom. The summed E-state index contributed by atoms with van der Waals surface area (Å²) in [4.78, 5) is 27.4. The molecule has 1 aliphatic heterocycles. The number of amides is 1. The standard InChI is InChI=1S/C30H27ClFN3O4S/c1-19-26(11-10-24(32)28(19)31)39-13-4-9-27(36)35-12-14-40-29-23(7-3-8-25(29)35)22-16-33-34(18-22)17-20-5-2-6-21(15-20)30(37)38/h2-3,5-8,10-11,15-16,18H,4,9,12-14,17H2,1H3,(H,37,38). The largest absolute Gasteiger partial charge is 0.493 e. The van der Waals surface area contributed by atoms with Gasteiger partial charge in [-0.05, 0) is 49.2 Å². The molecule has 206 valence electrons. The number of carbonyl (C=O) groups is 2. The Morgan fingerprint density at radius 2 is 2.00 bits per heavy atom. The second kappa shape index (κ2) is 12.1. The van der Waals surface area contributed by atoms with E-state index in [1.165, 1.54) is 6.07 Å². The minimum atomic E-state index is -0.963. The van der Waals surface area contributed by atoms with E-state index in [1.54, 1.807) is 53.8 Å². The highest BCUT2D eigenvalue weighted by molar-refractivity contribution is 7.99. The molecule has 5 rings (SSSR count). The van der Waals surface area contributed by atoms with E-state index in [-0.39, 0.29) is 16.5 Å². The Hall–Kier alpha value is -3.82. The maximum absolute atomic E-state index is 13.6. The van der Waals surface area contributed by atoms with Crippen molar-refractivity contribution in [3.05, 3.63) is 94.5 Å². The number of aromatic carboxylic acids is 1. The van der Waals surface area contributed by atoms with E-state index in [4.69, 9.17) is 16.3 Å². The van der Waals surface area contributed by atoms with E-state index in [0.29, 0.717) is 43.9 Å². The molecule has 1 aromatic heterocycles. The van der Waals surface area contributed by atoms with Gasteiger partial charge in [-0.2, -0.15) is 5.10 Å². The molecular formula is C30H27ClFN3O4S. The van der Waals surface area contributed by atoms with E-state index < -0.39 is 11.8 Å². The van der Waals surface area contributed by atoms with Crippen LogP contribution in [0, 0.1) is 12.7 Å². The maximum atomic E-state index is 13.6. The summed E-state index contributed by atoms with van der Waals surface area (Å²) in [6.45, 7) is 3.08. The third-order valence-corrected chi connectivity index (χ3v) is 8.26. The summed E-state index contributed by atoms with van der Waals surface area (Å²) < 4.78 is 21.1. The quantitative estimate of drug-likeness (QED) is 0.222. The Bertz CT molecular complexity index is 1570. The van der Waals surface area contributed by atoms with Gasteiger partial charge in [0.15, 0.2) is 0 Å². The van der Waals surface area contributed by atoms with Gasteiger partial charge in [0, 0.05) is 46.5 Å². The number of fused-ring (bicyclic) bond motifs is 1. The van der Waals surface area contributed by atoms with Crippen molar-refractivity contribution >= 4 is 40.9 Å². The summed E-state index contributed by atoms with van der Waals surface area (Å²) in [5.74, 6) is -0.144. The fraction of sp³-hybridized carbons (Fsp3) is 0.233. The third-order valence-electron chi connectivity index (χ3n) is 6.69. The summed E-state index contributed by atoms with van der Waals surface area (Å²) in [5.41, 5.74) is 4.43. The molecular weight excluding hydrogens is 553 g/mol. The number of ether oxygens (including phenoxy) is 1. The van der Waals surface area contributed by atoms with Gasteiger partial charge >= 0.3 is 5.97 Å². The van der Waals surface area contributed by atoms with Crippen LogP contribution in [0.1, 0.15) is 34.3 Å². The van der Waals surface area contributed by atoms with Gasteiger partial charge in [0.25, 0.3) is 0 Å². The smallest absolute Gasteiger partial charge is 0.335 e. The summed E-state index contributed by atoms with van der Waals surface area (Å²) in [5, 5.41) is 13.8. The number of nitrogens with zero attached hydrogens (tertiary/aromatic N) is 3. The van der Waals surface area contributed by atoms with Gasteiger partial charge in [-0.25, -0.2) is 9.18 Å². The molecule has 4 aromatic rings. The molecule has 0 bridgehead atoms. The van der Waals surface area contributed by atoms with Gasteiger partial charge in [-0.1, -0.05) is 35.9 Å². The zero-order chi connectivity index (χ0) is 28.2. The first-order valence-electron chi connectivity index (χ1n) is 12.8. The lowest BCUT2D eigenvalue weighted by atomic mass is 10.1. The molecule has 7 nitrogen and oxygen atoms in total. The molecule has 0 atom stereocenters. The molecule has 1 aliphatic rings. The van der Waals surface area contributed by atoms with E-state index in [1.807, 2.05) is 35.4 Å². The molecule has 0 fully saturated rings. The summed E-state index contributed by atoms with van der Waals surface area (Å²) in [7, 11) is 0.